The second kappa shape index (κ2) is 8.30. The van der Waals surface area contributed by atoms with Crippen LogP contribution in [-0.2, 0) is 4.79 Å². The second-order valence-corrected chi connectivity index (χ2v) is 5.69. The van der Waals surface area contributed by atoms with Crippen LogP contribution in [0.3, 0.4) is 0 Å². The van der Waals surface area contributed by atoms with Crippen LogP contribution in [0.25, 0.3) is 0 Å². The Morgan fingerprint density at radius 1 is 1.09 bits per heavy atom. The molecule has 2 aromatic carbocycles. The average Bonchev–Trinajstić information content (AvgIpc) is 2.55. The van der Waals surface area contributed by atoms with Crippen LogP contribution in [0.2, 0.25) is 0 Å². The van der Waals surface area contributed by atoms with E-state index in [0.29, 0.717) is 6.54 Å². The van der Waals surface area contributed by atoms with Crippen LogP contribution in [0.4, 0.5) is 5.69 Å². The Kier molecular flexibility index (Phi) is 6.12. The van der Waals surface area contributed by atoms with Crippen molar-refractivity contribution in [2.75, 3.05) is 18.4 Å². The predicted octanol–water partition coefficient (Wildman–Crippen LogP) is 4.26. The Morgan fingerprint density at radius 2 is 1.65 bits per heavy atom. The van der Waals surface area contributed by atoms with E-state index in [1.54, 1.807) is 0 Å². The van der Waals surface area contributed by atoms with Crippen LogP contribution in [0.5, 0.6) is 0 Å². The lowest BCUT2D eigenvalue weighted by molar-refractivity contribution is -0.121. The van der Waals surface area contributed by atoms with Gasteiger partial charge in [-0.05, 0) is 31.2 Å². The monoisotopic (exact) mass is 308 g/mol. The van der Waals surface area contributed by atoms with Gasteiger partial charge in [-0.2, -0.15) is 0 Å². The molecule has 23 heavy (non-hydrogen) atoms. The van der Waals surface area contributed by atoms with Crippen LogP contribution >= 0.6 is 0 Å². The van der Waals surface area contributed by atoms with Gasteiger partial charge in [0.15, 0.2) is 0 Å². The Balaban J connectivity index is 2.29. The summed E-state index contributed by atoms with van der Waals surface area (Å²) in [5.41, 5.74) is 2.84. The number of benzene rings is 2. The number of hydrogen-bond acceptors (Lipinski definition) is 2. The fraction of sp³-hybridized carbons (Fsp3) is 0.250. The highest BCUT2D eigenvalue weighted by atomic mass is 16.2. The number of carbonyl (C=O) groups excluding carboxylic acids is 1. The van der Waals surface area contributed by atoms with Crippen LogP contribution in [0.15, 0.2) is 72.8 Å². The summed E-state index contributed by atoms with van der Waals surface area (Å²) in [6.45, 7) is 9.50. The standard InChI is InChI=1S/C20H24N2O/c1-4-22(15-16(2)3)19(17-11-7-5-8-12-17)20(23)21-18-13-9-6-10-14-18/h5-14,19H,2,4,15H2,1,3H3,(H,21,23). The van der Waals surface area contributed by atoms with Gasteiger partial charge in [-0.3, -0.25) is 9.69 Å². The molecular formula is C20H24N2O. The van der Waals surface area contributed by atoms with E-state index in [1.165, 1.54) is 0 Å². The molecule has 0 saturated heterocycles. The molecule has 0 spiro atoms. The van der Waals surface area contributed by atoms with E-state index in [1.807, 2.05) is 67.6 Å². The topological polar surface area (TPSA) is 32.3 Å². The smallest absolute Gasteiger partial charge is 0.246 e. The molecule has 0 aromatic heterocycles. The van der Waals surface area contributed by atoms with Gasteiger partial charge in [0.1, 0.15) is 6.04 Å². The van der Waals surface area contributed by atoms with Crippen molar-refractivity contribution in [1.82, 2.24) is 4.90 Å². The number of anilines is 1. The molecule has 1 atom stereocenters. The van der Waals surface area contributed by atoms with E-state index >= 15 is 0 Å². The summed E-state index contributed by atoms with van der Waals surface area (Å²) in [6, 6.07) is 19.1. The normalized spacial score (nSPS) is 12.0. The first-order valence-corrected chi connectivity index (χ1v) is 7.91. The Bertz CT molecular complexity index is 637. The third-order valence-electron chi connectivity index (χ3n) is 3.65. The first kappa shape index (κ1) is 17.0. The van der Waals surface area contributed by atoms with Crippen molar-refractivity contribution in [3.63, 3.8) is 0 Å². The molecule has 1 amide bonds. The SMILES string of the molecule is C=C(C)CN(CC)C(C(=O)Nc1ccccc1)c1ccccc1. The van der Waals surface area contributed by atoms with E-state index in [2.05, 4.69) is 23.7 Å². The van der Waals surface area contributed by atoms with E-state index in [-0.39, 0.29) is 11.9 Å². The van der Waals surface area contributed by atoms with Crippen LogP contribution in [0, 0.1) is 0 Å². The Labute approximate surface area is 138 Å². The van der Waals surface area contributed by atoms with E-state index < -0.39 is 0 Å². The summed E-state index contributed by atoms with van der Waals surface area (Å²) < 4.78 is 0. The van der Waals surface area contributed by atoms with Crippen molar-refractivity contribution in [2.45, 2.75) is 19.9 Å². The number of amides is 1. The minimum absolute atomic E-state index is 0.0227. The van der Waals surface area contributed by atoms with Gasteiger partial charge < -0.3 is 5.32 Å². The molecule has 1 N–H and O–H groups in total. The summed E-state index contributed by atoms with van der Waals surface area (Å²) >= 11 is 0. The number of carbonyl (C=O) groups is 1. The van der Waals surface area contributed by atoms with Crippen LogP contribution in [0.1, 0.15) is 25.5 Å². The lowest BCUT2D eigenvalue weighted by Crippen LogP contribution is -2.38. The number of para-hydroxylation sites is 1. The number of nitrogens with one attached hydrogen (secondary N) is 1. The van der Waals surface area contributed by atoms with Crippen molar-refractivity contribution < 1.29 is 4.79 Å². The molecule has 0 aliphatic carbocycles. The van der Waals surface area contributed by atoms with Crippen molar-refractivity contribution >= 4 is 11.6 Å². The maximum absolute atomic E-state index is 12.9. The highest BCUT2D eigenvalue weighted by Crippen LogP contribution is 2.23. The van der Waals surface area contributed by atoms with Crippen molar-refractivity contribution in [2.24, 2.45) is 0 Å². The summed E-state index contributed by atoms with van der Waals surface area (Å²) in [5, 5.41) is 3.02. The second-order valence-electron chi connectivity index (χ2n) is 5.69. The first-order chi connectivity index (χ1) is 11.1. The molecule has 0 heterocycles. The highest BCUT2D eigenvalue weighted by molar-refractivity contribution is 5.95. The zero-order chi connectivity index (χ0) is 16.7. The number of nitrogens with zero attached hydrogens (tertiary/aromatic N) is 1. The van der Waals surface area contributed by atoms with Crippen molar-refractivity contribution in [3.05, 3.63) is 78.4 Å². The Hall–Kier alpha value is -2.39. The highest BCUT2D eigenvalue weighted by Gasteiger charge is 2.26. The molecule has 0 radical (unpaired) electrons. The molecule has 0 bridgehead atoms. The minimum atomic E-state index is -0.335. The lowest BCUT2D eigenvalue weighted by Gasteiger charge is -2.30. The molecule has 0 aliphatic heterocycles. The lowest BCUT2D eigenvalue weighted by atomic mass is 10.0. The van der Waals surface area contributed by atoms with Gasteiger partial charge >= 0.3 is 0 Å². The molecule has 0 fully saturated rings. The fourth-order valence-corrected chi connectivity index (χ4v) is 2.63. The number of hydrogen-bond donors (Lipinski definition) is 1. The van der Waals surface area contributed by atoms with Gasteiger partial charge in [0.2, 0.25) is 5.91 Å². The third-order valence-corrected chi connectivity index (χ3v) is 3.65. The maximum Gasteiger partial charge on any atom is 0.246 e. The first-order valence-electron chi connectivity index (χ1n) is 7.91. The summed E-state index contributed by atoms with van der Waals surface area (Å²) in [5.74, 6) is -0.0227. The van der Waals surface area contributed by atoms with Crippen molar-refractivity contribution in [3.8, 4) is 0 Å². The molecular weight excluding hydrogens is 284 g/mol. The van der Waals surface area contributed by atoms with Gasteiger partial charge in [-0.25, -0.2) is 0 Å². The molecule has 3 nitrogen and oxygen atoms in total. The number of likely N-dealkylation sites (N-methyl/N-ethyl adjacent to an activating group) is 1. The van der Waals surface area contributed by atoms with Crippen LogP contribution in [-0.4, -0.2) is 23.9 Å². The molecule has 1 unspecified atom stereocenters. The quantitative estimate of drug-likeness (QED) is 0.775. The van der Waals surface area contributed by atoms with E-state index in [4.69, 9.17) is 0 Å². The van der Waals surface area contributed by atoms with Crippen molar-refractivity contribution in [1.29, 1.82) is 0 Å². The van der Waals surface area contributed by atoms with E-state index in [9.17, 15) is 4.79 Å². The number of rotatable bonds is 7. The fourth-order valence-electron chi connectivity index (χ4n) is 2.63. The molecule has 0 aliphatic rings. The maximum atomic E-state index is 12.9. The van der Waals surface area contributed by atoms with Crippen LogP contribution < -0.4 is 5.32 Å². The zero-order valence-electron chi connectivity index (χ0n) is 13.8. The zero-order valence-corrected chi connectivity index (χ0v) is 13.8. The van der Waals surface area contributed by atoms with Gasteiger partial charge in [-0.15, -0.1) is 0 Å². The van der Waals surface area contributed by atoms with Gasteiger partial charge in [0.05, 0.1) is 0 Å². The molecule has 2 rings (SSSR count). The molecule has 3 heteroatoms. The van der Waals surface area contributed by atoms with Gasteiger partial charge in [-0.1, -0.05) is 67.6 Å². The minimum Gasteiger partial charge on any atom is -0.324 e. The summed E-state index contributed by atoms with van der Waals surface area (Å²) in [4.78, 5) is 15.0. The molecule has 0 saturated carbocycles. The van der Waals surface area contributed by atoms with Gasteiger partial charge in [0, 0.05) is 12.2 Å². The largest absolute Gasteiger partial charge is 0.324 e. The molecule has 2 aromatic rings. The van der Waals surface area contributed by atoms with E-state index in [0.717, 1.165) is 23.4 Å². The summed E-state index contributed by atoms with van der Waals surface area (Å²) in [6.07, 6.45) is 0. The third kappa shape index (κ3) is 4.80. The molecule has 120 valence electrons. The Morgan fingerprint density at radius 3 is 2.17 bits per heavy atom. The summed E-state index contributed by atoms with van der Waals surface area (Å²) in [7, 11) is 0. The predicted molar refractivity (Wildman–Crippen MR) is 96.3 cm³/mol. The average molecular weight is 308 g/mol. The van der Waals surface area contributed by atoms with Gasteiger partial charge in [0.25, 0.3) is 0 Å².